The summed E-state index contributed by atoms with van der Waals surface area (Å²) in [7, 11) is -6.28. The van der Waals surface area contributed by atoms with Crippen LogP contribution in [0, 0.1) is 6.92 Å². The second kappa shape index (κ2) is 12.9. The number of sulfonamides is 2. The van der Waals surface area contributed by atoms with E-state index in [4.69, 9.17) is 9.47 Å². The molecule has 3 aromatic rings. The third-order valence-corrected chi connectivity index (χ3v) is 11.8. The Morgan fingerprint density at radius 1 is 1.14 bits per heavy atom. The number of piperidine rings is 1. The first-order valence-electron chi connectivity index (χ1n) is 14.7. The van der Waals surface area contributed by atoms with Gasteiger partial charge in [0.15, 0.2) is 0 Å². The molecule has 44 heavy (non-hydrogen) atoms. The lowest BCUT2D eigenvalue weighted by atomic mass is 9.88. The molecule has 3 N–H and O–H groups in total. The minimum Gasteiger partial charge on any atom is -0.491 e. The van der Waals surface area contributed by atoms with Gasteiger partial charge in [-0.25, -0.2) is 21.6 Å². The fraction of sp³-hybridized carbons (Fsp3) is 0.500. The first-order chi connectivity index (χ1) is 20.9. The summed E-state index contributed by atoms with van der Waals surface area (Å²) in [6.45, 7) is 5.50. The zero-order valence-corrected chi connectivity index (χ0v) is 26.8. The highest BCUT2D eigenvalue weighted by Crippen LogP contribution is 2.37. The van der Waals surface area contributed by atoms with Crippen LogP contribution in [0.2, 0.25) is 0 Å². The Morgan fingerprint density at radius 2 is 1.89 bits per heavy atom. The molecule has 0 bridgehead atoms. The molecule has 2 atom stereocenters. The Labute approximate surface area is 258 Å². The van der Waals surface area contributed by atoms with Crippen LogP contribution >= 0.6 is 0 Å². The SMILES string of the molecule is CCn1cc(S(=O)(=O)N2CCC3(CC2)CC(NCC(O)COc2cccc(S(=O)(=O)NC)c2)CO3)c(=O)c2ccc(C)cc21. The van der Waals surface area contributed by atoms with Crippen molar-refractivity contribution in [2.24, 2.45) is 0 Å². The predicted octanol–water partition coefficient (Wildman–Crippen LogP) is 1.58. The van der Waals surface area contributed by atoms with Crippen LogP contribution in [0.5, 0.6) is 5.75 Å². The van der Waals surface area contributed by atoms with Crippen molar-refractivity contribution in [3.8, 4) is 5.75 Å². The van der Waals surface area contributed by atoms with Gasteiger partial charge in [-0.05, 0) is 70.0 Å². The molecule has 240 valence electrons. The average molecular weight is 649 g/mol. The molecule has 3 heterocycles. The number of rotatable bonds is 11. The van der Waals surface area contributed by atoms with Gasteiger partial charge in [-0.15, -0.1) is 0 Å². The van der Waals surface area contributed by atoms with Crippen LogP contribution < -0.4 is 20.2 Å². The fourth-order valence-electron chi connectivity index (χ4n) is 5.92. The molecule has 2 aliphatic heterocycles. The Hall–Kier alpha value is -2.85. The van der Waals surface area contributed by atoms with Crippen LogP contribution in [0.15, 0.2) is 63.2 Å². The van der Waals surface area contributed by atoms with E-state index in [0.717, 1.165) is 11.1 Å². The van der Waals surface area contributed by atoms with Crippen molar-refractivity contribution < 1.29 is 31.4 Å². The largest absolute Gasteiger partial charge is 0.491 e. The van der Waals surface area contributed by atoms with E-state index in [2.05, 4.69) is 10.0 Å². The van der Waals surface area contributed by atoms with Gasteiger partial charge in [0.2, 0.25) is 25.5 Å². The highest BCUT2D eigenvalue weighted by Gasteiger charge is 2.45. The smallest absolute Gasteiger partial charge is 0.248 e. The number of aliphatic hydroxyl groups is 1. The third kappa shape index (κ3) is 6.71. The first kappa shape index (κ1) is 32.5. The van der Waals surface area contributed by atoms with Gasteiger partial charge in [0, 0.05) is 49.9 Å². The van der Waals surface area contributed by atoms with Crippen LogP contribution in [-0.4, -0.2) is 88.5 Å². The number of hydrogen-bond donors (Lipinski definition) is 3. The molecule has 2 aromatic carbocycles. The van der Waals surface area contributed by atoms with Gasteiger partial charge >= 0.3 is 0 Å². The zero-order valence-electron chi connectivity index (χ0n) is 25.2. The van der Waals surface area contributed by atoms with Crippen LogP contribution in [0.1, 0.15) is 31.7 Å². The number of fused-ring (bicyclic) bond motifs is 1. The molecule has 12 nitrogen and oxygen atoms in total. The Kier molecular flexibility index (Phi) is 9.52. The van der Waals surface area contributed by atoms with E-state index in [1.807, 2.05) is 30.5 Å². The topological polar surface area (TPSA) is 156 Å². The molecule has 2 unspecified atom stereocenters. The van der Waals surface area contributed by atoms with Gasteiger partial charge in [-0.3, -0.25) is 4.79 Å². The number of aryl methyl sites for hydroxylation is 2. The number of hydrogen-bond acceptors (Lipinski definition) is 9. The van der Waals surface area contributed by atoms with Crippen molar-refractivity contribution in [1.29, 1.82) is 0 Å². The minimum absolute atomic E-state index is 0.0300. The molecule has 0 saturated carbocycles. The van der Waals surface area contributed by atoms with Crippen LogP contribution in [-0.2, 0) is 31.3 Å². The number of pyridine rings is 1. The predicted molar refractivity (Wildman–Crippen MR) is 166 cm³/mol. The number of nitrogens with one attached hydrogen (secondary N) is 2. The Balaban J connectivity index is 1.15. The van der Waals surface area contributed by atoms with Crippen molar-refractivity contribution in [1.82, 2.24) is 18.9 Å². The quantitative estimate of drug-likeness (QED) is 0.281. The zero-order chi connectivity index (χ0) is 31.7. The van der Waals surface area contributed by atoms with Crippen molar-refractivity contribution in [2.45, 2.75) is 67.2 Å². The molecular weight excluding hydrogens is 608 g/mol. The highest BCUT2D eigenvalue weighted by atomic mass is 32.2. The van der Waals surface area contributed by atoms with E-state index in [1.54, 1.807) is 18.2 Å². The van der Waals surface area contributed by atoms with Gasteiger partial charge in [0.05, 0.1) is 22.6 Å². The van der Waals surface area contributed by atoms with E-state index in [0.29, 0.717) is 43.5 Å². The van der Waals surface area contributed by atoms with Crippen LogP contribution in [0.25, 0.3) is 10.9 Å². The second-order valence-electron chi connectivity index (χ2n) is 11.5. The van der Waals surface area contributed by atoms with Gasteiger partial charge in [0.25, 0.3) is 0 Å². The van der Waals surface area contributed by atoms with Crippen LogP contribution in [0.3, 0.4) is 0 Å². The minimum atomic E-state index is -4.00. The summed E-state index contributed by atoms with van der Waals surface area (Å²) < 4.78 is 68.6. The summed E-state index contributed by atoms with van der Waals surface area (Å²) in [5.41, 5.74) is 0.755. The normalized spacial score (nSPS) is 19.9. The summed E-state index contributed by atoms with van der Waals surface area (Å²) in [5, 5.41) is 14.2. The van der Waals surface area contributed by atoms with E-state index >= 15 is 0 Å². The molecule has 2 saturated heterocycles. The maximum atomic E-state index is 13.7. The molecule has 1 spiro atoms. The molecule has 5 rings (SSSR count). The Bertz CT molecular complexity index is 1780. The van der Waals surface area contributed by atoms with E-state index in [-0.39, 0.29) is 42.1 Å². The maximum Gasteiger partial charge on any atom is 0.248 e. The first-order valence-corrected chi connectivity index (χ1v) is 17.7. The van der Waals surface area contributed by atoms with Crippen molar-refractivity contribution >= 4 is 30.9 Å². The van der Waals surface area contributed by atoms with E-state index < -0.39 is 37.2 Å². The van der Waals surface area contributed by atoms with Gasteiger partial charge < -0.3 is 24.5 Å². The standard InChI is InChI=1S/C30H40N4O8S2/c1-4-33-18-28(29(36)26-9-8-21(2)14-27(26)33)44(39,40)34-12-10-30(11-13-34)16-22(19-42-30)32-17-23(35)20-41-24-6-5-7-25(15-24)43(37,38)31-3/h5-9,14-15,18,22-23,31-32,35H,4,10-13,16-17,19-20H2,1-3H3. The lowest BCUT2D eigenvalue weighted by molar-refractivity contribution is -0.0312. The number of aromatic nitrogens is 1. The number of nitrogens with zero attached hydrogens (tertiary/aromatic N) is 2. The summed E-state index contributed by atoms with van der Waals surface area (Å²) in [4.78, 5) is 13.2. The molecule has 0 radical (unpaired) electrons. The van der Waals surface area contributed by atoms with Crippen molar-refractivity contribution in [3.05, 3.63) is 64.4 Å². The summed E-state index contributed by atoms with van der Waals surface area (Å²) >= 11 is 0. The monoisotopic (exact) mass is 648 g/mol. The number of benzene rings is 2. The van der Waals surface area contributed by atoms with E-state index in [9.17, 15) is 26.7 Å². The van der Waals surface area contributed by atoms with Gasteiger partial charge in [0.1, 0.15) is 23.4 Å². The number of ether oxygens (including phenoxy) is 2. The molecule has 14 heteroatoms. The summed E-state index contributed by atoms with van der Waals surface area (Å²) in [5.74, 6) is 0.331. The molecule has 2 fully saturated rings. The molecular formula is C30H40N4O8S2. The number of aliphatic hydroxyl groups excluding tert-OH is 1. The highest BCUT2D eigenvalue weighted by molar-refractivity contribution is 7.89. The molecule has 0 amide bonds. The molecule has 0 aliphatic carbocycles. The van der Waals surface area contributed by atoms with Crippen molar-refractivity contribution in [2.75, 3.05) is 39.9 Å². The second-order valence-corrected chi connectivity index (χ2v) is 15.3. The van der Waals surface area contributed by atoms with Crippen molar-refractivity contribution in [3.63, 3.8) is 0 Å². The molecule has 1 aromatic heterocycles. The van der Waals surface area contributed by atoms with Gasteiger partial charge in [-0.2, -0.15) is 4.31 Å². The maximum absolute atomic E-state index is 13.7. The average Bonchev–Trinajstić information content (AvgIpc) is 3.41. The lowest BCUT2D eigenvalue weighted by Gasteiger charge is -2.38. The van der Waals surface area contributed by atoms with Gasteiger partial charge in [-0.1, -0.05) is 12.1 Å². The Morgan fingerprint density at radius 3 is 2.59 bits per heavy atom. The fourth-order valence-corrected chi connectivity index (χ4v) is 8.23. The van der Waals surface area contributed by atoms with E-state index in [1.165, 1.54) is 29.7 Å². The summed E-state index contributed by atoms with van der Waals surface area (Å²) in [6.07, 6.45) is 2.27. The third-order valence-electron chi connectivity index (χ3n) is 8.47. The lowest BCUT2D eigenvalue weighted by Crippen LogP contribution is -2.47. The summed E-state index contributed by atoms with van der Waals surface area (Å²) in [6, 6.07) is 11.4. The molecule has 2 aliphatic rings. The van der Waals surface area contributed by atoms with Crippen LogP contribution in [0.4, 0.5) is 0 Å².